The van der Waals surface area contributed by atoms with Crippen LogP contribution in [-0.2, 0) is 14.4 Å². The van der Waals surface area contributed by atoms with E-state index in [2.05, 4.69) is 37.1 Å². The largest absolute Gasteiger partial charge is 0.494 e. The number of hydrazone groups is 1. The van der Waals surface area contributed by atoms with E-state index < -0.39 is 11.8 Å². The van der Waals surface area contributed by atoms with Crippen LogP contribution >= 0.6 is 15.9 Å². The first-order valence-corrected chi connectivity index (χ1v) is 11.4. The van der Waals surface area contributed by atoms with Crippen molar-refractivity contribution >= 4 is 45.6 Å². The summed E-state index contributed by atoms with van der Waals surface area (Å²) in [5, 5.41) is 9.12. The number of nitrogens with one attached hydrogen (secondary N) is 3. The maximum atomic E-state index is 12.3. The summed E-state index contributed by atoms with van der Waals surface area (Å²) in [6, 6.07) is 10.4. The fourth-order valence-electron chi connectivity index (χ4n) is 2.79. The SMILES string of the molecule is CCOc1ccc(NC(=O)COc2c(Br)cc(/C=N\NC(=O)C(=O)NC3CC3)cc2OC)cc1. The maximum absolute atomic E-state index is 12.3. The normalized spacial score (nSPS) is 12.7. The van der Waals surface area contributed by atoms with Gasteiger partial charge in [0.2, 0.25) is 0 Å². The van der Waals surface area contributed by atoms with E-state index in [1.165, 1.54) is 13.3 Å². The highest BCUT2D eigenvalue weighted by molar-refractivity contribution is 9.10. The Bertz CT molecular complexity index is 1070. The predicted octanol–water partition coefficient (Wildman–Crippen LogP) is 2.60. The van der Waals surface area contributed by atoms with Crippen molar-refractivity contribution in [3.63, 3.8) is 0 Å². The van der Waals surface area contributed by atoms with Crippen molar-refractivity contribution in [1.82, 2.24) is 10.7 Å². The number of ether oxygens (including phenoxy) is 3. The standard InChI is InChI=1S/C23H25BrN4O6/c1-3-33-17-8-6-15(7-9-17)26-20(29)13-34-21-18(24)10-14(11-19(21)32-2)12-25-28-23(31)22(30)27-16-4-5-16/h6-12,16H,3-5,13H2,1-2H3,(H,26,29)(H,27,30)(H,28,31)/b25-12-. The van der Waals surface area contributed by atoms with E-state index >= 15 is 0 Å². The first-order chi connectivity index (χ1) is 16.4. The Morgan fingerprint density at radius 1 is 1.12 bits per heavy atom. The van der Waals surface area contributed by atoms with Crippen LogP contribution in [0.25, 0.3) is 0 Å². The Labute approximate surface area is 205 Å². The second-order valence-electron chi connectivity index (χ2n) is 7.28. The number of amides is 3. The molecule has 3 amide bonds. The Morgan fingerprint density at radius 3 is 2.50 bits per heavy atom. The minimum absolute atomic E-state index is 0.0815. The van der Waals surface area contributed by atoms with E-state index in [1.54, 1.807) is 36.4 Å². The van der Waals surface area contributed by atoms with Crippen molar-refractivity contribution < 1.29 is 28.6 Å². The summed E-state index contributed by atoms with van der Waals surface area (Å²) in [4.78, 5) is 35.7. The highest BCUT2D eigenvalue weighted by Crippen LogP contribution is 2.36. The predicted molar refractivity (Wildman–Crippen MR) is 129 cm³/mol. The molecule has 0 unspecified atom stereocenters. The molecule has 0 heterocycles. The van der Waals surface area contributed by atoms with Gasteiger partial charge in [-0.15, -0.1) is 0 Å². The molecule has 0 saturated heterocycles. The van der Waals surface area contributed by atoms with Crippen LogP contribution in [-0.4, -0.2) is 50.3 Å². The van der Waals surface area contributed by atoms with E-state index in [4.69, 9.17) is 14.2 Å². The van der Waals surface area contributed by atoms with Crippen LogP contribution in [0.5, 0.6) is 17.2 Å². The molecule has 3 N–H and O–H groups in total. The highest BCUT2D eigenvalue weighted by atomic mass is 79.9. The molecule has 3 rings (SSSR count). The molecule has 0 bridgehead atoms. The summed E-state index contributed by atoms with van der Waals surface area (Å²) in [5.74, 6) is -0.513. The van der Waals surface area contributed by atoms with Crippen LogP contribution in [0.3, 0.4) is 0 Å². The van der Waals surface area contributed by atoms with Gasteiger partial charge < -0.3 is 24.8 Å². The Hall–Kier alpha value is -3.60. The van der Waals surface area contributed by atoms with Gasteiger partial charge in [0.1, 0.15) is 5.75 Å². The average molecular weight is 533 g/mol. The van der Waals surface area contributed by atoms with E-state index in [1.807, 2.05) is 6.92 Å². The van der Waals surface area contributed by atoms with Crippen molar-refractivity contribution in [2.45, 2.75) is 25.8 Å². The van der Waals surface area contributed by atoms with Crippen LogP contribution in [0.2, 0.25) is 0 Å². The van der Waals surface area contributed by atoms with Gasteiger partial charge in [0.15, 0.2) is 18.1 Å². The van der Waals surface area contributed by atoms with Crippen LogP contribution in [0.15, 0.2) is 46.0 Å². The molecule has 0 aromatic heterocycles. The molecule has 0 atom stereocenters. The summed E-state index contributed by atoms with van der Waals surface area (Å²) in [6.45, 7) is 2.21. The van der Waals surface area contributed by atoms with Gasteiger partial charge in [0.25, 0.3) is 5.91 Å². The third-order valence-electron chi connectivity index (χ3n) is 4.55. The van der Waals surface area contributed by atoms with E-state index in [0.717, 1.165) is 18.6 Å². The second kappa shape index (κ2) is 12.0. The molecule has 1 aliphatic rings. The molecular weight excluding hydrogens is 508 g/mol. The number of hydrogen-bond donors (Lipinski definition) is 3. The number of methoxy groups -OCH3 is 1. The van der Waals surface area contributed by atoms with Crippen molar-refractivity contribution in [1.29, 1.82) is 0 Å². The quantitative estimate of drug-likeness (QED) is 0.245. The molecule has 180 valence electrons. The minimum Gasteiger partial charge on any atom is -0.494 e. The number of rotatable bonds is 10. The van der Waals surface area contributed by atoms with Crippen molar-refractivity contribution in [2.75, 3.05) is 25.6 Å². The maximum Gasteiger partial charge on any atom is 0.329 e. The molecule has 2 aromatic carbocycles. The summed E-state index contributed by atoms with van der Waals surface area (Å²) >= 11 is 3.39. The number of hydrogen-bond acceptors (Lipinski definition) is 7. The number of anilines is 1. The second-order valence-corrected chi connectivity index (χ2v) is 8.13. The van der Waals surface area contributed by atoms with Gasteiger partial charge >= 0.3 is 11.8 Å². The van der Waals surface area contributed by atoms with Gasteiger partial charge in [-0.3, -0.25) is 14.4 Å². The topological polar surface area (TPSA) is 127 Å². The summed E-state index contributed by atoms with van der Waals surface area (Å²) in [5.41, 5.74) is 3.36. The van der Waals surface area contributed by atoms with Crippen molar-refractivity contribution in [3.05, 3.63) is 46.4 Å². The molecule has 1 fully saturated rings. The molecule has 1 saturated carbocycles. The number of benzene rings is 2. The highest BCUT2D eigenvalue weighted by Gasteiger charge is 2.26. The number of carbonyl (C=O) groups is 3. The molecule has 34 heavy (non-hydrogen) atoms. The van der Waals surface area contributed by atoms with Crippen LogP contribution in [0.4, 0.5) is 5.69 Å². The molecule has 1 aliphatic carbocycles. The van der Waals surface area contributed by atoms with Gasteiger partial charge in [0.05, 0.1) is 24.4 Å². The van der Waals surface area contributed by atoms with Crippen LogP contribution in [0.1, 0.15) is 25.3 Å². The molecule has 2 aromatic rings. The van der Waals surface area contributed by atoms with Gasteiger partial charge in [-0.25, -0.2) is 5.43 Å². The number of carbonyl (C=O) groups excluding carboxylic acids is 3. The molecule has 0 aliphatic heterocycles. The van der Waals surface area contributed by atoms with Crippen molar-refractivity contribution in [3.8, 4) is 17.2 Å². The Balaban J connectivity index is 1.55. The van der Waals surface area contributed by atoms with Crippen molar-refractivity contribution in [2.24, 2.45) is 5.10 Å². The lowest BCUT2D eigenvalue weighted by atomic mass is 10.2. The zero-order chi connectivity index (χ0) is 24.5. The Kier molecular flexibility index (Phi) is 8.86. The van der Waals surface area contributed by atoms with Crippen LogP contribution in [0, 0.1) is 0 Å². The molecule has 10 nitrogen and oxygen atoms in total. The third kappa shape index (κ3) is 7.48. The van der Waals surface area contributed by atoms with E-state index in [0.29, 0.717) is 33.8 Å². The summed E-state index contributed by atoms with van der Waals surface area (Å²) < 4.78 is 16.9. The smallest absolute Gasteiger partial charge is 0.329 e. The lowest BCUT2D eigenvalue weighted by Gasteiger charge is -2.13. The number of nitrogens with zero attached hydrogens (tertiary/aromatic N) is 1. The molecule has 0 spiro atoms. The third-order valence-corrected chi connectivity index (χ3v) is 5.14. The van der Waals surface area contributed by atoms with Gasteiger partial charge in [0, 0.05) is 11.7 Å². The lowest BCUT2D eigenvalue weighted by molar-refractivity contribution is -0.139. The molecule has 0 radical (unpaired) electrons. The summed E-state index contributed by atoms with van der Waals surface area (Å²) in [7, 11) is 1.46. The first-order valence-electron chi connectivity index (χ1n) is 10.6. The number of halogens is 1. The van der Waals surface area contributed by atoms with Gasteiger partial charge in [-0.2, -0.15) is 5.10 Å². The zero-order valence-electron chi connectivity index (χ0n) is 18.7. The summed E-state index contributed by atoms with van der Waals surface area (Å²) in [6.07, 6.45) is 3.12. The fraction of sp³-hybridized carbons (Fsp3) is 0.304. The fourth-order valence-corrected chi connectivity index (χ4v) is 3.36. The zero-order valence-corrected chi connectivity index (χ0v) is 20.3. The monoisotopic (exact) mass is 532 g/mol. The lowest BCUT2D eigenvalue weighted by Crippen LogP contribution is -2.38. The minimum atomic E-state index is -0.840. The first kappa shape index (κ1) is 25.0. The molecule has 11 heteroatoms. The van der Waals surface area contributed by atoms with E-state index in [9.17, 15) is 14.4 Å². The van der Waals surface area contributed by atoms with Gasteiger partial charge in [-0.05, 0) is 77.7 Å². The van der Waals surface area contributed by atoms with Gasteiger partial charge in [-0.1, -0.05) is 0 Å². The average Bonchev–Trinajstić information content (AvgIpc) is 3.63. The van der Waals surface area contributed by atoms with E-state index in [-0.39, 0.29) is 18.6 Å². The Morgan fingerprint density at radius 2 is 1.85 bits per heavy atom. The molecular formula is C23H25BrN4O6. The van der Waals surface area contributed by atoms with Crippen LogP contribution < -0.4 is 30.3 Å².